The standard InChI is InChI=1S/C37H43N9O3/c1-23-8-7-9-24(2)31(23)41-32-30-21-39-35(42-33(30)44(6)43-32)40-29-11-10-26-14-17-46(22-28(26)19-29)34(47)27(20-38)18-25-12-15-45(16-13-25)36(48)49-37(3,4)5/h7-11,18-19,21,25H,12-17,22H2,1-6H3,(H,41,43)(H,39,40,42)/b27-18+. The molecule has 12 nitrogen and oxygen atoms in total. The maximum Gasteiger partial charge on any atom is 0.410 e. The summed E-state index contributed by atoms with van der Waals surface area (Å²) >= 11 is 0. The van der Waals surface area contributed by atoms with Gasteiger partial charge in [0.2, 0.25) is 5.95 Å². The highest BCUT2D eigenvalue weighted by atomic mass is 16.6. The molecule has 12 heteroatoms. The normalized spacial score (nSPS) is 15.5. The number of fused-ring (bicyclic) bond motifs is 2. The van der Waals surface area contributed by atoms with E-state index in [2.05, 4.69) is 58.8 Å². The number of nitrogens with zero attached hydrogens (tertiary/aromatic N) is 7. The predicted molar refractivity (Wildman–Crippen MR) is 189 cm³/mol. The third-order valence-corrected chi connectivity index (χ3v) is 9.01. The van der Waals surface area contributed by atoms with Crippen LogP contribution in [0.25, 0.3) is 11.0 Å². The Morgan fingerprint density at radius 3 is 2.45 bits per heavy atom. The van der Waals surface area contributed by atoms with Crippen LogP contribution in [0.4, 0.5) is 27.9 Å². The average Bonchev–Trinajstić information content (AvgIpc) is 3.38. The second-order valence-electron chi connectivity index (χ2n) is 13.9. The Bertz CT molecular complexity index is 1960. The number of hydrogen-bond acceptors (Lipinski definition) is 9. The van der Waals surface area contributed by atoms with Crippen LogP contribution in [0.1, 0.15) is 55.9 Å². The minimum absolute atomic E-state index is 0.0420. The van der Waals surface area contributed by atoms with E-state index in [0.717, 1.165) is 39.0 Å². The maximum absolute atomic E-state index is 13.5. The Labute approximate surface area is 286 Å². The second-order valence-corrected chi connectivity index (χ2v) is 13.9. The summed E-state index contributed by atoms with van der Waals surface area (Å²) in [6.45, 7) is 11.7. The first-order chi connectivity index (χ1) is 23.4. The van der Waals surface area contributed by atoms with Gasteiger partial charge in [-0.05, 0) is 94.2 Å². The molecule has 2 aromatic carbocycles. The lowest BCUT2D eigenvalue weighted by Gasteiger charge is -2.33. The zero-order valence-electron chi connectivity index (χ0n) is 29.0. The van der Waals surface area contributed by atoms with E-state index in [1.54, 1.807) is 26.8 Å². The molecule has 254 valence electrons. The molecule has 0 radical (unpaired) electrons. The summed E-state index contributed by atoms with van der Waals surface area (Å²) in [6.07, 6.45) is 5.27. The van der Waals surface area contributed by atoms with Crippen LogP contribution in [0.5, 0.6) is 0 Å². The number of likely N-dealkylation sites (tertiary alicyclic amines) is 1. The van der Waals surface area contributed by atoms with Gasteiger partial charge in [-0.2, -0.15) is 15.3 Å². The fourth-order valence-corrected chi connectivity index (χ4v) is 6.40. The number of hydrogen-bond donors (Lipinski definition) is 2. The molecule has 0 spiro atoms. The van der Waals surface area contributed by atoms with Gasteiger partial charge in [0.15, 0.2) is 11.5 Å². The molecule has 2 aliphatic rings. The molecule has 0 atom stereocenters. The SMILES string of the molecule is Cc1cccc(C)c1Nc1nn(C)c2nc(Nc3ccc4c(c3)CN(C(=O)/C(C#N)=C/C3CCN(C(=O)OC(C)(C)C)CC3)CC4)ncc12. The number of para-hydroxylation sites is 1. The van der Waals surface area contributed by atoms with Crippen LogP contribution in [0.15, 0.2) is 54.2 Å². The van der Waals surface area contributed by atoms with E-state index < -0.39 is 5.60 Å². The van der Waals surface area contributed by atoms with E-state index in [0.29, 0.717) is 62.9 Å². The summed E-state index contributed by atoms with van der Waals surface area (Å²) in [5, 5.41) is 22.2. The first kappa shape index (κ1) is 33.5. The van der Waals surface area contributed by atoms with Gasteiger partial charge in [0.05, 0.1) is 5.39 Å². The summed E-state index contributed by atoms with van der Waals surface area (Å²) < 4.78 is 7.23. The molecule has 2 aliphatic heterocycles. The van der Waals surface area contributed by atoms with Crippen LogP contribution in [0.3, 0.4) is 0 Å². The summed E-state index contributed by atoms with van der Waals surface area (Å²) in [5.41, 5.74) is 6.53. The molecule has 1 saturated heterocycles. The lowest BCUT2D eigenvalue weighted by atomic mass is 9.93. The van der Waals surface area contributed by atoms with Gasteiger partial charge in [0, 0.05) is 50.8 Å². The molecule has 0 saturated carbocycles. The minimum Gasteiger partial charge on any atom is -0.444 e. The van der Waals surface area contributed by atoms with E-state index in [1.807, 2.05) is 46.0 Å². The minimum atomic E-state index is -0.552. The highest BCUT2D eigenvalue weighted by molar-refractivity contribution is 5.97. The topological polar surface area (TPSA) is 141 Å². The molecule has 2 N–H and O–H groups in total. The molecular weight excluding hydrogens is 618 g/mol. The van der Waals surface area contributed by atoms with E-state index >= 15 is 0 Å². The molecule has 0 aliphatic carbocycles. The smallest absolute Gasteiger partial charge is 0.410 e. The number of piperidine rings is 1. The van der Waals surface area contributed by atoms with Crippen molar-refractivity contribution in [3.8, 4) is 6.07 Å². The molecule has 0 unspecified atom stereocenters. The van der Waals surface area contributed by atoms with E-state index in [9.17, 15) is 14.9 Å². The van der Waals surface area contributed by atoms with Gasteiger partial charge in [-0.3, -0.25) is 4.79 Å². The molecule has 4 aromatic rings. The van der Waals surface area contributed by atoms with E-state index in [1.165, 1.54) is 0 Å². The van der Waals surface area contributed by atoms with Crippen LogP contribution in [-0.2, 0) is 29.5 Å². The Kier molecular flexibility index (Phi) is 9.28. The Morgan fingerprint density at radius 2 is 1.76 bits per heavy atom. The molecule has 6 rings (SSSR count). The second kappa shape index (κ2) is 13.6. The average molecular weight is 662 g/mol. The summed E-state index contributed by atoms with van der Waals surface area (Å²) in [5.74, 6) is 0.902. The number of carbonyl (C=O) groups excluding carboxylic acids is 2. The van der Waals surface area contributed by atoms with Crippen molar-refractivity contribution in [3.63, 3.8) is 0 Å². The van der Waals surface area contributed by atoms with Gasteiger partial charge in [0.25, 0.3) is 5.91 Å². The van der Waals surface area contributed by atoms with Crippen LogP contribution in [0, 0.1) is 31.1 Å². The monoisotopic (exact) mass is 661 g/mol. The number of aromatic nitrogens is 4. The number of anilines is 4. The largest absolute Gasteiger partial charge is 0.444 e. The number of allylic oxidation sites excluding steroid dienone is 1. The molecule has 2 amide bonds. The number of amides is 2. The van der Waals surface area contributed by atoms with E-state index in [4.69, 9.17) is 9.72 Å². The number of benzene rings is 2. The van der Waals surface area contributed by atoms with Crippen molar-refractivity contribution < 1.29 is 14.3 Å². The fraction of sp³-hybridized carbons (Fsp3) is 0.405. The van der Waals surface area contributed by atoms with Crippen molar-refractivity contribution in [2.45, 2.75) is 66.0 Å². The van der Waals surface area contributed by atoms with Gasteiger partial charge in [-0.1, -0.05) is 30.3 Å². The summed E-state index contributed by atoms with van der Waals surface area (Å²) in [4.78, 5) is 38.7. The van der Waals surface area contributed by atoms with Crippen molar-refractivity contribution in [2.24, 2.45) is 13.0 Å². The summed E-state index contributed by atoms with van der Waals surface area (Å²) in [7, 11) is 1.86. The summed E-state index contributed by atoms with van der Waals surface area (Å²) in [6, 6.07) is 14.4. The highest BCUT2D eigenvalue weighted by Gasteiger charge is 2.29. The van der Waals surface area contributed by atoms with Crippen molar-refractivity contribution in [2.75, 3.05) is 30.3 Å². The number of nitriles is 1. The van der Waals surface area contributed by atoms with Gasteiger partial charge >= 0.3 is 6.09 Å². The Balaban J connectivity index is 1.11. The molecule has 0 bridgehead atoms. The van der Waals surface area contributed by atoms with Gasteiger partial charge in [-0.25, -0.2) is 14.5 Å². The van der Waals surface area contributed by atoms with Crippen molar-refractivity contribution in [1.29, 1.82) is 5.26 Å². The number of ether oxygens (including phenoxy) is 1. The number of aryl methyl sites for hydroxylation is 3. The highest BCUT2D eigenvalue weighted by Crippen LogP contribution is 2.30. The van der Waals surface area contributed by atoms with Gasteiger partial charge < -0.3 is 25.2 Å². The van der Waals surface area contributed by atoms with Crippen molar-refractivity contribution in [1.82, 2.24) is 29.5 Å². The lowest BCUT2D eigenvalue weighted by Crippen LogP contribution is -2.41. The van der Waals surface area contributed by atoms with Gasteiger partial charge in [-0.15, -0.1) is 0 Å². The zero-order valence-corrected chi connectivity index (χ0v) is 29.0. The fourth-order valence-electron chi connectivity index (χ4n) is 6.40. The first-order valence-electron chi connectivity index (χ1n) is 16.7. The van der Waals surface area contributed by atoms with Crippen molar-refractivity contribution in [3.05, 3.63) is 76.5 Å². The van der Waals surface area contributed by atoms with Crippen molar-refractivity contribution >= 4 is 46.2 Å². The van der Waals surface area contributed by atoms with Gasteiger partial charge in [0.1, 0.15) is 17.2 Å². The van der Waals surface area contributed by atoms with Crippen LogP contribution in [0.2, 0.25) is 0 Å². The quantitative estimate of drug-likeness (QED) is 0.176. The van der Waals surface area contributed by atoms with Crippen LogP contribution >= 0.6 is 0 Å². The van der Waals surface area contributed by atoms with Crippen LogP contribution in [-0.4, -0.2) is 66.8 Å². The Hall–Kier alpha value is -5.44. The number of carbonyl (C=O) groups is 2. The number of nitrogens with one attached hydrogen (secondary N) is 2. The molecular formula is C37H43N9O3. The van der Waals surface area contributed by atoms with Crippen LogP contribution < -0.4 is 10.6 Å². The third-order valence-electron chi connectivity index (χ3n) is 9.01. The zero-order chi connectivity index (χ0) is 34.9. The molecule has 1 fully saturated rings. The Morgan fingerprint density at radius 1 is 1.02 bits per heavy atom. The first-order valence-corrected chi connectivity index (χ1v) is 16.7. The predicted octanol–water partition coefficient (Wildman–Crippen LogP) is 6.45. The lowest BCUT2D eigenvalue weighted by molar-refractivity contribution is -0.127. The third kappa shape index (κ3) is 7.51. The maximum atomic E-state index is 13.5. The molecule has 4 heterocycles. The number of rotatable bonds is 6. The molecule has 49 heavy (non-hydrogen) atoms. The molecule has 2 aromatic heterocycles. The van der Waals surface area contributed by atoms with E-state index in [-0.39, 0.29) is 23.5 Å².